The Hall–Kier alpha value is -1.88. The van der Waals surface area contributed by atoms with Crippen molar-refractivity contribution >= 4 is 17.0 Å². The standard InChI is InChI=1S/C10H10N2O3/c1-5-11-7-3-2-6(4-8(7)12-5)9(13)10(14)15/h2-4,9,13H,1H3,(H,11,12)(H,14,15). The first-order valence-electron chi connectivity index (χ1n) is 4.45. The molecular weight excluding hydrogens is 196 g/mol. The number of fused-ring (bicyclic) bond motifs is 1. The number of H-pyrrole nitrogens is 1. The van der Waals surface area contributed by atoms with Crippen LogP contribution in [0.3, 0.4) is 0 Å². The quantitative estimate of drug-likeness (QED) is 0.683. The fourth-order valence-electron chi connectivity index (χ4n) is 1.47. The molecule has 0 bridgehead atoms. The van der Waals surface area contributed by atoms with Gasteiger partial charge in [-0.25, -0.2) is 9.78 Å². The third-order valence-corrected chi connectivity index (χ3v) is 2.17. The van der Waals surface area contributed by atoms with Gasteiger partial charge >= 0.3 is 5.97 Å². The van der Waals surface area contributed by atoms with Gasteiger partial charge in [0.2, 0.25) is 0 Å². The molecule has 0 radical (unpaired) electrons. The molecule has 78 valence electrons. The third kappa shape index (κ3) is 1.69. The number of aliphatic hydroxyl groups excluding tert-OH is 1. The Morgan fingerprint density at radius 1 is 1.53 bits per heavy atom. The number of aliphatic hydroxyl groups is 1. The van der Waals surface area contributed by atoms with Gasteiger partial charge in [-0.05, 0) is 24.6 Å². The van der Waals surface area contributed by atoms with Crippen molar-refractivity contribution in [1.29, 1.82) is 0 Å². The number of aliphatic carboxylic acids is 1. The Labute approximate surface area is 85.4 Å². The number of carboxylic acid groups (broad SMARTS) is 1. The van der Waals surface area contributed by atoms with E-state index in [4.69, 9.17) is 5.11 Å². The second kappa shape index (κ2) is 3.36. The molecule has 0 aliphatic rings. The monoisotopic (exact) mass is 206 g/mol. The van der Waals surface area contributed by atoms with Crippen LogP contribution in [0.1, 0.15) is 17.5 Å². The van der Waals surface area contributed by atoms with E-state index in [-0.39, 0.29) is 0 Å². The molecule has 0 aliphatic heterocycles. The highest BCUT2D eigenvalue weighted by Crippen LogP contribution is 2.18. The molecule has 1 unspecified atom stereocenters. The lowest BCUT2D eigenvalue weighted by molar-refractivity contribution is -0.146. The van der Waals surface area contributed by atoms with Crippen molar-refractivity contribution in [2.75, 3.05) is 0 Å². The predicted molar refractivity (Wildman–Crippen MR) is 53.4 cm³/mol. The maximum absolute atomic E-state index is 10.6. The van der Waals surface area contributed by atoms with E-state index in [9.17, 15) is 9.90 Å². The number of hydrogen-bond acceptors (Lipinski definition) is 3. The Bertz CT molecular complexity index is 518. The van der Waals surface area contributed by atoms with Gasteiger partial charge in [0.15, 0.2) is 6.10 Å². The topological polar surface area (TPSA) is 86.2 Å². The molecule has 0 aliphatic carbocycles. The Morgan fingerprint density at radius 3 is 2.93 bits per heavy atom. The van der Waals surface area contributed by atoms with Crippen LogP contribution in [0.5, 0.6) is 0 Å². The summed E-state index contributed by atoms with van der Waals surface area (Å²) in [4.78, 5) is 17.7. The lowest BCUT2D eigenvalue weighted by atomic mass is 10.1. The molecule has 1 aromatic carbocycles. The third-order valence-electron chi connectivity index (χ3n) is 2.17. The van der Waals surface area contributed by atoms with Crippen molar-refractivity contribution < 1.29 is 15.0 Å². The Kier molecular flexibility index (Phi) is 2.17. The summed E-state index contributed by atoms with van der Waals surface area (Å²) in [5, 5.41) is 18.0. The van der Waals surface area contributed by atoms with Gasteiger partial charge in [-0.3, -0.25) is 0 Å². The largest absolute Gasteiger partial charge is 0.479 e. The van der Waals surface area contributed by atoms with Gasteiger partial charge in [-0.2, -0.15) is 0 Å². The zero-order valence-electron chi connectivity index (χ0n) is 8.06. The van der Waals surface area contributed by atoms with Crippen molar-refractivity contribution in [1.82, 2.24) is 9.97 Å². The molecule has 0 fully saturated rings. The molecule has 2 rings (SSSR count). The maximum Gasteiger partial charge on any atom is 0.337 e. The van der Waals surface area contributed by atoms with E-state index in [1.165, 1.54) is 0 Å². The fourth-order valence-corrected chi connectivity index (χ4v) is 1.47. The summed E-state index contributed by atoms with van der Waals surface area (Å²) in [6.45, 7) is 1.81. The summed E-state index contributed by atoms with van der Waals surface area (Å²) in [5.41, 5.74) is 1.83. The van der Waals surface area contributed by atoms with Crippen molar-refractivity contribution in [3.05, 3.63) is 29.6 Å². The highest BCUT2D eigenvalue weighted by molar-refractivity contribution is 5.79. The number of nitrogens with zero attached hydrogens (tertiary/aromatic N) is 1. The molecule has 5 heteroatoms. The second-order valence-electron chi connectivity index (χ2n) is 3.34. The highest BCUT2D eigenvalue weighted by atomic mass is 16.4. The number of carbonyl (C=O) groups is 1. The molecule has 15 heavy (non-hydrogen) atoms. The van der Waals surface area contributed by atoms with Gasteiger partial charge in [0.1, 0.15) is 5.82 Å². The lowest BCUT2D eigenvalue weighted by Crippen LogP contribution is -2.10. The average molecular weight is 206 g/mol. The van der Waals surface area contributed by atoms with E-state index in [2.05, 4.69) is 9.97 Å². The molecule has 3 N–H and O–H groups in total. The number of hydrogen-bond donors (Lipinski definition) is 3. The number of aromatic nitrogens is 2. The minimum atomic E-state index is -1.49. The number of benzene rings is 1. The van der Waals surface area contributed by atoms with Crippen molar-refractivity contribution in [3.8, 4) is 0 Å². The van der Waals surface area contributed by atoms with Crippen molar-refractivity contribution in [2.24, 2.45) is 0 Å². The smallest absolute Gasteiger partial charge is 0.337 e. The molecule has 5 nitrogen and oxygen atoms in total. The Balaban J connectivity index is 2.50. The number of aryl methyl sites for hydroxylation is 1. The first kappa shape index (κ1) is 9.67. The summed E-state index contributed by atoms with van der Waals surface area (Å²) in [6, 6.07) is 4.83. The molecule has 0 saturated carbocycles. The van der Waals surface area contributed by atoms with Crippen LogP contribution in [-0.2, 0) is 4.79 Å². The van der Waals surface area contributed by atoms with Gasteiger partial charge in [0.25, 0.3) is 0 Å². The minimum Gasteiger partial charge on any atom is -0.479 e. The van der Waals surface area contributed by atoms with Gasteiger partial charge < -0.3 is 15.2 Å². The van der Waals surface area contributed by atoms with Crippen LogP contribution < -0.4 is 0 Å². The van der Waals surface area contributed by atoms with Crippen LogP contribution in [0.25, 0.3) is 11.0 Å². The summed E-state index contributed by atoms with van der Waals surface area (Å²) in [5.74, 6) is -0.502. The van der Waals surface area contributed by atoms with Gasteiger partial charge in [-0.15, -0.1) is 0 Å². The van der Waals surface area contributed by atoms with Crippen LogP contribution in [0.15, 0.2) is 18.2 Å². The van der Waals surface area contributed by atoms with E-state index in [0.717, 1.165) is 16.9 Å². The minimum absolute atomic E-state index is 0.346. The number of carboxylic acids is 1. The summed E-state index contributed by atoms with van der Waals surface area (Å²) < 4.78 is 0. The first-order valence-corrected chi connectivity index (χ1v) is 4.45. The molecule has 2 aromatic rings. The number of imidazole rings is 1. The number of aromatic amines is 1. The molecule has 1 aromatic heterocycles. The maximum atomic E-state index is 10.6. The fraction of sp³-hybridized carbons (Fsp3) is 0.200. The summed E-state index contributed by atoms with van der Waals surface area (Å²) in [7, 11) is 0. The summed E-state index contributed by atoms with van der Waals surface area (Å²) >= 11 is 0. The molecule has 0 spiro atoms. The van der Waals surface area contributed by atoms with E-state index in [1.807, 2.05) is 6.92 Å². The summed E-state index contributed by atoms with van der Waals surface area (Å²) in [6.07, 6.45) is -1.49. The van der Waals surface area contributed by atoms with E-state index in [1.54, 1.807) is 18.2 Å². The van der Waals surface area contributed by atoms with Gasteiger partial charge in [0.05, 0.1) is 11.0 Å². The van der Waals surface area contributed by atoms with Crippen LogP contribution in [0.2, 0.25) is 0 Å². The van der Waals surface area contributed by atoms with Crippen LogP contribution in [0, 0.1) is 6.92 Å². The van der Waals surface area contributed by atoms with E-state index >= 15 is 0 Å². The second-order valence-corrected chi connectivity index (χ2v) is 3.34. The molecule has 1 atom stereocenters. The average Bonchev–Trinajstić information content (AvgIpc) is 2.55. The van der Waals surface area contributed by atoms with Crippen molar-refractivity contribution in [3.63, 3.8) is 0 Å². The van der Waals surface area contributed by atoms with Crippen molar-refractivity contribution in [2.45, 2.75) is 13.0 Å². The molecule has 1 heterocycles. The first-order chi connectivity index (χ1) is 7.08. The highest BCUT2D eigenvalue weighted by Gasteiger charge is 2.16. The SMILES string of the molecule is Cc1nc2ccc(C(O)C(=O)O)cc2[nH]1. The van der Waals surface area contributed by atoms with Gasteiger partial charge in [0, 0.05) is 0 Å². The molecular formula is C10H10N2O3. The number of nitrogens with one attached hydrogen (secondary N) is 1. The zero-order valence-corrected chi connectivity index (χ0v) is 8.06. The zero-order chi connectivity index (χ0) is 11.0. The predicted octanol–water partition coefficient (Wildman–Crippen LogP) is 0.989. The molecule has 0 amide bonds. The van der Waals surface area contributed by atoms with E-state index in [0.29, 0.717) is 5.56 Å². The lowest BCUT2D eigenvalue weighted by Gasteiger charge is -2.04. The Morgan fingerprint density at radius 2 is 2.27 bits per heavy atom. The van der Waals surface area contributed by atoms with Crippen LogP contribution in [-0.4, -0.2) is 26.2 Å². The number of rotatable bonds is 2. The molecule has 0 saturated heterocycles. The van der Waals surface area contributed by atoms with Crippen LogP contribution in [0.4, 0.5) is 0 Å². The van der Waals surface area contributed by atoms with E-state index < -0.39 is 12.1 Å². The van der Waals surface area contributed by atoms with Gasteiger partial charge in [-0.1, -0.05) is 6.07 Å². The van der Waals surface area contributed by atoms with Crippen LogP contribution >= 0.6 is 0 Å². The normalized spacial score (nSPS) is 12.9.